The largest absolute Gasteiger partial charge is 0.292 e. The van der Waals surface area contributed by atoms with Gasteiger partial charge in [0.15, 0.2) is 11.6 Å². The van der Waals surface area contributed by atoms with Gasteiger partial charge in [-0.15, -0.1) is 11.6 Å². The third-order valence-electron chi connectivity index (χ3n) is 2.19. The monoisotopic (exact) mass is 269 g/mol. The van der Waals surface area contributed by atoms with Gasteiger partial charge in [0.25, 0.3) is 6.43 Å². The molecular weight excluding hydrogens is 258 g/mol. The number of benzene rings is 1. The first kappa shape index (κ1) is 14.3. The fraction of sp³-hybridized carbons (Fsp3) is 0.455. The number of alkyl halides is 3. The lowest BCUT2D eigenvalue weighted by Gasteiger charge is -2.20. The minimum Gasteiger partial charge on any atom is -0.292 e. The van der Waals surface area contributed by atoms with Crippen LogP contribution in [0.5, 0.6) is 0 Å². The molecule has 0 radical (unpaired) electrons. The van der Waals surface area contributed by atoms with E-state index >= 15 is 0 Å². The van der Waals surface area contributed by atoms with Gasteiger partial charge in [0.2, 0.25) is 0 Å². The molecule has 0 saturated carbocycles. The zero-order valence-electron chi connectivity index (χ0n) is 8.97. The van der Waals surface area contributed by atoms with Crippen LogP contribution in [0, 0.1) is 11.6 Å². The number of nitrogens with zero attached hydrogens (tertiary/aromatic N) is 1. The summed E-state index contributed by atoms with van der Waals surface area (Å²) in [4.78, 5) is 1.39. The van der Waals surface area contributed by atoms with Crippen molar-refractivity contribution in [1.29, 1.82) is 0 Å². The molecule has 0 bridgehead atoms. The van der Waals surface area contributed by atoms with E-state index in [1.165, 1.54) is 11.0 Å². The second-order valence-corrected chi connectivity index (χ2v) is 3.94. The summed E-state index contributed by atoms with van der Waals surface area (Å²) in [6, 6.07) is 3.35. The molecule has 1 aromatic rings. The Kier molecular flexibility index (Phi) is 5.71. The van der Waals surface area contributed by atoms with E-state index in [1.807, 2.05) is 0 Å². The highest BCUT2D eigenvalue weighted by atomic mass is 35.5. The SMILES string of the molecule is Fc1ccc(CN(CCCl)CC(F)F)cc1F. The Bertz CT molecular complexity index is 359. The van der Waals surface area contributed by atoms with E-state index in [-0.39, 0.29) is 19.0 Å². The molecule has 0 fully saturated rings. The molecule has 17 heavy (non-hydrogen) atoms. The summed E-state index contributed by atoms with van der Waals surface area (Å²) in [5.74, 6) is -1.73. The van der Waals surface area contributed by atoms with E-state index in [4.69, 9.17) is 11.6 Å². The zero-order chi connectivity index (χ0) is 12.8. The van der Waals surface area contributed by atoms with Crippen LogP contribution in [0.1, 0.15) is 5.56 Å². The number of halogens is 5. The van der Waals surface area contributed by atoms with Gasteiger partial charge in [0, 0.05) is 19.0 Å². The number of hydrogen-bond donors (Lipinski definition) is 0. The van der Waals surface area contributed by atoms with Gasteiger partial charge in [-0.1, -0.05) is 6.07 Å². The topological polar surface area (TPSA) is 3.24 Å². The molecule has 0 aliphatic rings. The van der Waals surface area contributed by atoms with Gasteiger partial charge in [-0.3, -0.25) is 4.90 Å². The van der Waals surface area contributed by atoms with Gasteiger partial charge in [-0.25, -0.2) is 17.6 Å². The van der Waals surface area contributed by atoms with Gasteiger partial charge in [-0.05, 0) is 17.7 Å². The van der Waals surface area contributed by atoms with Crippen molar-refractivity contribution in [2.24, 2.45) is 0 Å². The first-order valence-electron chi connectivity index (χ1n) is 5.03. The Labute approximate surface area is 102 Å². The van der Waals surface area contributed by atoms with Crippen molar-refractivity contribution >= 4 is 11.6 Å². The minimum absolute atomic E-state index is 0.119. The van der Waals surface area contributed by atoms with Crippen LogP contribution in [-0.4, -0.2) is 30.3 Å². The van der Waals surface area contributed by atoms with Gasteiger partial charge in [0.1, 0.15) is 0 Å². The average molecular weight is 270 g/mol. The van der Waals surface area contributed by atoms with Crippen LogP contribution in [0.2, 0.25) is 0 Å². The fourth-order valence-corrected chi connectivity index (χ4v) is 1.68. The molecule has 96 valence electrons. The Morgan fingerprint density at radius 1 is 1.18 bits per heavy atom. The highest BCUT2D eigenvalue weighted by Crippen LogP contribution is 2.12. The van der Waals surface area contributed by atoms with E-state index < -0.39 is 24.6 Å². The van der Waals surface area contributed by atoms with Crippen molar-refractivity contribution in [2.45, 2.75) is 13.0 Å². The molecule has 0 aliphatic heterocycles. The van der Waals surface area contributed by atoms with Crippen LogP contribution in [0.25, 0.3) is 0 Å². The van der Waals surface area contributed by atoms with E-state index in [1.54, 1.807) is 0 Å². The molecule has 0 aromatic heterocycles. The molecule has 6 heteroatoms. The summed E-state index contributed by atoms with van der Waals surface area (Å²) in [5, 5.41) is 0. The van der Waals surface area contributed by atoms with E-state index in [2.05, 4.69) is 0 Å². The van der Waals surface area contributed by atoms with Crippen LogP contribution in [-0.2, 0) is 6.54 Å². The van der Waals surface area contributed by atoms with Crippen molar-refractivity contribution in [3.63, 3.8) is 0 Å². The summed E-state index contributed by atoms with van der Waals surface area (Å²) < 4.78 is 50.0. The summed E-state index contributed by atoms with van der Waals surface area (Å²) in [6.07, 6.45) is -2.48. The third kappa shape index (κ3) is 4.91. The van der Waals surface area contributed by atoms with E-state index in [9.17, 15) is 17.6 Å². The van der Waals surface area contributed by atoms with Crippen LogP contribution in [0.3, 0.4) is 0 Å². The minimum atomic E-state index is -2.48. The second kappa shape index (κ2) is 6.81. The molecule has 0 saturated heterocycles. The zero-order valence-corrected chi connectivity index (χ0v) is 9.73. The average Bonchev–Trinajstić information content (AvgIpc) is 2.23. The fourth-order valence-electron chi connectivity index (χ4n) is 1.45. The smallest absolute Gasteiger partial charge is 0.251 e. The Balaban J connectivity index is 2.67. The Morgan fingerprint density at radius 2 is 1.88 bits per heavy atom. The Hall–Kier alpha value is -0.810. The molecular formula is C11H12ClF4N. The maximum absolute atomic E-state index is 12.9. The number of hydrogen-bond acceptors (Lipinski definition) is 1. The van der Waals surface area contributed by atoms with Crippen molar-refractivity contribution in [2.75, 3.05) is 19.0 Å². The predicted octanol–water partition coefficient (Wildman–Crippen LogP) is 3.27. The lowest BCUT2D eigenvalue weighted by Crippen LogP contribution is -2.30. The van der Waals surface area contributed by atoms with Crippen molar-refractivity contribution < 1.29 is 17.6 Å². The van der Waals surface area contributed by atoms with Gasteiger partial charge in [0.05, 0.1) is 6.54 Å². The third-order valence-corrected chi connectivity index (χ3v) is 2.36. The molecule has 0 aliphatic carbocycles. The normalized spacial score (nSPS) is 11.5. The highest BCUT2D eigenvalue weighted by molar-refractivity contribution is 6.18. The van der Waals surface area contributed by atoms with Crippen molar-refractivity contribution in [3.05, 3.63) is 35.4 Å². The molecule has 0 N–H and O–H groups in total. The molecule has 0 spiro atoms. The standard InChI is InChI=1S/C11H12ClF4N/c12-3-4-17(7-11(15)16)6-8-1-2-9(13)10(14)5-8/h1-2,5,11H,3-4,6-7H2. The predicted molar refractivity (Wildman–Crippen MR) is 58.4 cm³/mol. The first-order valence-corrected chi connectivity index (χ1v) is 5.56. The van der Waals surface area contributed by atoms with Crippen LogP contribution in [0.4, 0.5) is 17.6 Å². The second-order valence-electron chi connectivity index (χ2n) is 3.56. The van der Waals surface area contributed by atoms with Crippen LogP contribution in [0.15, 0.2) is 18.2 Å². The van der Waals surface area contributed by atoms with Crippen molar-refractivity contribution in [3.8, 4) is 0 Å². The van der Waals surface area contributed by atoms with E-state index in [0.717, 1.165) is 12.1 Å². The molecule has 1 nitrogen and oxygen atoms in total. The summed E-state index contributed by atoms with van der Waals surface area (Å²) >= 11 is 5.48. The van der Waals surface area contributed by atoms with E-state index in [0.29, 0.717) is 5.56 Å². The lowest BCUT2D eigenvalue weighted by atomic mass is 10.2. The molecule has 0 heterocycles. The molecule has 0 amide bonds. The van der Waals surface area contributed by atoms with Gasteiger partial charge < -0.3 is 0 Å². The summed E-state index contributed by atoms with van der Waals surface area (Å²) in [7, 11) is 0. The van der Waals surface area contributed by atoms with Gasteiger partial charge in [-0.2, -0.15) is 0 Å². The highest BCUT2D eigenvalue weighted by Gasteiger charge is 2.13. The molecule has 0 atom stereocenters. The Morgan fingerprint density at radius 3 is 2.41 bits per heavy atom. The lowest BCUT2D eigenvalue weighted by molar-refractivity contribution is 0.0878. The summed E-state index contributed by atoms with van der Waals surface area (Å²) in [6.45, 7) is -0.0507. The summed E-state index contributed by atoms with van der Waals surface area (Å²) in [5.41, 5.74) is 0.440. The maximum atomic E-state index is 12.9. The van der Waals surface area contributed by atoms with Gasteiger partial charge >= 0.3 is 0 Å². The molecule has 1 aromatic carbocycles. The maximum Gasteiger partial charge on any atom is 0.251 e. The molecule has 1 rings (SSSR count). The van der Waals surface area contributed by atoms with Crippen LogP contribution >= 0.6 is 11.6 Å². The van der Waals surface area contributed by atoms with Crippen molar-refractivity contribution in [1.82, 2.24) is 4.90 Å². The quantitative estimate of drug-likeness (QED) is 0.566. The number of rotatable bonds is 6. The van der Waals surface area contributed by atoms with Crippen LogP contribution < -0.4 is 0 Å². The molecule has 0 unspecified atom stereocenters. The first-order chi connectivity index (χ1) is 8.02.